The molecule has 108 valence electrons. The van der Waals surface area contributed by atoms with E-state index in [1.807, 2.05) is 24.6 Å². The van der Waals surface area contributed by atoms with Crippen molar-refractivity contribution in [1.82, 2.24) is 5.32 Å². The Balaban J connectivity index is 2.54. The van der Waals surface area contributed by atoms with E-state index in [-0.39, 0.29) is 6.04 Å². The highest BCUT2D eigenvalue weighted by Crippen LogP contribution is 2.39. The molecule has 5 heteroatoms. The number of hydrogen-bond donors (Lipinski definition) is 1. The number of nitrogens with one attached hydrogen (secondary N) is 1. The number of halogens is 1. The van der Waals surface area contributed by atoms with Crippen molar-refractivity contribution >= 4 is 27.3 Å². The van der Waals surface area contributed by atoms with Crippen LogP contribution < -0.4 is 14.8 Å². The van der Waals surface area contributed by atoms with Gasteiger partial charge in [-0.15, -0.1) is 11.3 Å². The molecule has 1 N–H and O–H groups in total. The summed E-state index contributed by atoms with van der Waals surface area (Å²) in [5.74, 6) is 1.77. The van der Waals surface area contributed by atoms with Crippen molar-refractivity contribution in [3.8, 4) is 11.5 Å². The van der Waals surface area contributed by atoms with Crippen molar-refractivity contribution in [2.75, 3.05) is 21.3 Å². The Hall–Kier alpha value is -1.04. The predicted molar refractivity (Wildman–Crippen MR) is 87.2 cm³/mol. The molecule has 2 rings (SSSR count). The summed E-state index contributed by atoms with van der Waals surface area (Å²) in [5.41, 5.74) is 2.24. The summed E-state index contributed by atoms with van der Waals surface area (Å²) in [6.45, 7) is 2.05. The van der Waals surface area contributed by atoms with Crippen LogP contribution in [0.1, 0.15) is 22.0 Å². The van der Waals surface area contributed by atoms with E-state index in [1.54, 1.807) is 25.6 Å². The van der Waals surface area contributed by atoms with Crippen molar-refractivity contribution in [2.45, 2.75) is 13.0 Å². The van der Waals surface area contributed by atoms with Gasteiger partial charge < -0.3 is 14.8 Å². The third kappa shape index (κ3) is 2.85. The van der Waals surface area contributed by atoms with Gasteiger partial charge in [0.2, 0.25) is 0 Å². The molecule has 0 fully saturated rings. The van der Waals surface area contributed by atoms with Gasteiger partial charge >= 0.3 is 0 Å². The normalized spacial score (nSPS) is 12.2. The topological polar surface area (TPSA) is 30.5 Å². The second-order valence-electron chi connectivity index (χ2n) is 4.42. The molecule has 1 aromatic heterocycles. The van der Waals surface area contributed by atoms with Gasteiger partial charge in [-0.1, -0.05) is 15.9 Å². The molecule has 2 aromatic rings. The van der Waals surface area contributed by atoms with Crippen LogP contribution in [0, 0.1) is 6.92 Å². The molecule has 0 radical (unpaired) electrons. The quantitative estimate of drug-likeness (QED) is 0.873. The standard InChI is InChI=1S/C15H18BrNO2S/c1-9-7-13(19-4)10(8-11(9)16)14(17-2)15-12(18-3)5-6-20-15/h5-8,14,17H,1-4H3. The Morgan fingerprint density at radius 2 is 1.90 bits per heavy atom. The van der Waals surface area contributed by atoms with Crippen molar-refractivity contribution in [1.29, 1.82) is 0 Å². The van der Waals surface area contributed by atoms with Crippen LogP contribution in [0.5, 0.6) is 11.5 Å². The molecule has 0 amide bonds. The number of ether oxygens (including phenoxy) is 2. The van der Waals surface area contributed by atoms with Gasteiger partial charge in [0.15, 0.2) is 0 Å². The molecular formula is C15H18BrNO2S. The molecule has 0 aliphatic heterocycles. The largest absolute Gasteiger partial charge is 0.496 e. The number of aryl methyl sites for hydroxylation is 1. The predicted octanol–water partition coefficient (Wildman–Crippen LogP) is 4.15. The molecular weight excluding hydrogens is 338 g/mol. The Bertz CT molecular complexity index is 598. The first-order valence-corrected chi connectivity index (χ1v) is 7.92. The molecule has 3 nitrogen and oxygen atoms in total. The van der Waals surface area contributed by atoms with Crippen LogP contribution in [0.4, 0.5) is 0 Å². The smallest absolute Gasteiger partial charge is 0.134 e. The van der Waals surface area contributed by atoms with Crippen LogP contribution in [-0.4, -0.2) is 21.3 Å². The van der Waals surface area contributed by atoms with Crippen LogP contribution in [0.2, 0.25) is 0 Å². The molecule has 20 heavy (non-hydrogen) atoms. The van der Waals surface area contributed by atoms with Gasteiger partial charge in [0.1, 0.15) is 11.5 Å². The van der Waals surface area contributed by atoms with E-state index >= 15 is 0 Å². The lowest BCUT2D eigenvalue weighted by atomic mass is 10.0. The Labute approximate surface area is 132 Å². The van der Waals surface area contributed by atoms with Gasteiger partial charge in [-0.05, 0) is 43.1 Å². The van der Waals surface area contributed by atoms with Gasteiger partial charge in [-0.2, -0.15) is 0 Å². The third-order valence-corrected chi connectivity index (χ3v) is 5.07. The number of rotatable bonds is 5. The second kappa shape index (κ2) is 6.61. The van der Waals surface area contributed by atoms with Crippen LogP contribution in [-0.2, 0) is 0 Å². The summed E-state index contributed by atoms with van der Waals surface area (Å²) < 4.78 is 12.0. The first-order chi connectivity index (χ1) is 9.62. The molecule has 0 saturated heterocycles. The lowest BCUT2D eigenvalue weighted by molar-refractivity contribution is 0.398. The summed E-state index contributed by atoms with van der Waals surface area (Å²) >= 11 is 5.27. The molecule has 1 aromatic carbocycles. The Morgan fingerprint density at radius 1 is 1.20 bits per heavy atom. The first kappa shape index (κ1) is 15.4. The second-order valence-corrected chi connectivity index (χ2v) is 6.22. The van der Waals surface area contributed by atoms with Crippen LogP contribution in [0.3, 0.4) is 0 Å². The van der Waals surface area contributed by atoms with E-state index in [1.165, 1.54) is 0 Å². The average molecular weight is 356 g/mol. The van der Waals surface area contributed by atoms with Crippen LogP contribution >= 0.6 is 27.3 Å². The van der Waals surface area contributed by atoms with Crippen molar-refractivity contribution in [3.05, 3.63) is 44.1 Å². The SMILES string of the molecule is CNC(c1cc(Br)c(C)cc1OC)c1sccc1OC. The van der Waals surface area contributed by atoms with E-state index in [2.05, 4.69) is 34.2 Å². The number of benzene rings is 1. The highest BCUT2D eigenvalue weighted by Gasteiger charge is 2.22. The summed E-state index contributed by atoms with van der Waals surface area (Å²) in [5, 5.41) is 5.38. The van der Waals surface area contributed by atoms with E-state index in [9.17, 15) is 0 Å². The van der Waals surface area contributed by atoms with Crippen molar-refractivity contribution < 1.29 is 9.47 Å². The number of methoxy groups -OCH3 is 2. The van der Waals surface area contributed by atoms with Crippen LogP contribution in [0.15, 0.2) is 28.1 Å². The zero-order valence-electron chi connectivity index (χ0n) is 12.0. The van der Waals surface area contributed by atoms with E-state index in [0.29, 0.717) is 0 Å². The lowest BCUT2D eigenvalue weighted by Gasteiger charge is -2.20. The maximum atomic E-state index is 5.54. The van der Waals surface area contributed by atoms with Crippen molar-refractivity contribution in [2.24, 2.45) is 0 Å². The molecule has 0 bridgehead atoms. The minimum atomic E-state index is 0.0387. The number of hydrogen-bond acceptors (Lipinski definition) is 4. The molecule has 1 heterocycles. The lowest BCUT2D eigenvalue weighted by Crippen LogP contribution is -2.18. The molecule has 0 spiro atoms. The highest BCUT2D eigenvalue weighted by molar-refractivity contribution is 9.10. The first-order valence-electron chi connectivity index (χ1n) is 6.25. The van der Waals surface area contributed by atoms with E-state index in [0.717, 1.165) is 32.0 Å². The van der Waals surface area contributed by atoms with Gasteiger partial charge in [0.25, 0.3) is 0 Å². The van der Waals surface area contributed by atoms with E-state index < -0.39 is 0 Å². The minimum Gasteiger partial charge on any atom is -0.496 e. The van der Waals surface area contributed by atoms with Gasteiger partial charge in [0, 0.05) is 10.0 Å². The van der Waals surface area contributed by atoms with E-state index in [4.69, 9.17) is 9.47 Å². The fourth-order valence-electron chi connectivity index (χ4n) is 2.19. The maximum absolute atomic E-state index is 5.54. The zero-order chi connectivity index (χ0) is 14.7. The number of thiophene rings is 1. The summed E-state index contributed by atoms with van der Waals surface area (Å²) in [4.78, 5) is 1.14. The molecule has 0 aliphatic rings. The Morgan fingerprint density at radius 3 is 2.50 bits per heavy atom. The molecule has 1 atom stereocenters. The fourth-order valence-corrected chi connectivity index (χ4v) is 3.54. The van der Waals surface area contributed by atoms with Gasteiger partial charge in [0.05, 0.1) is 25.1 Å². The summed E-state index contributed by atoms with van der Waals surface area (Å²) in [7, 11) is 5.34. The average Bonchev–Trinajstić information content (AvgIpc) is 2.91. The van der Waals surface area contributed by atoms with Crippen LogP contribution in [0.25, 0.3) is 0 Å². The fraction of sp³-hybridized carbons (Fsp3) is 0.333. The Kier molecular flexibility index (Phi) is 5.07. The highest BCUT2D eigenvalue weighted by atomic mass is 79.9. The van der Waals surface area contributed by atoms with Gasteiger partial charge in [-0.25, -0.2) is 0 Å². The summed E-state index contributed by atoms with van der Waals surface area (Å²) in [6, 6.07) is 6.18. The summed E-state index contributed by atoms with van der Waals surface area (Å²) in [6.07, 6.45) is 0. The monoisotopic (exact) mass is 355 g/mol. The molecule has 0 saturated carbocycles. The third-order valence-electron chi connectivity index (χ3n) is 3.25. The van der Waals surface area contributed by atoms with Crippen molar-refractivity contribution in [3.63, 3.8) is 0 Å². The molecule has 0 aliphatic carbocycles. The maximum Gasteiger partial charge on any atom is 0.134 e. The molecule has 1 unspecified atom stereocenters. The zero-order valence-corrected chi connectivity index (χ0v) is 14.4. The van der Waals surface area contributed by atoms with Gasteiger partial charge in [-0.3, -0.25) is 0 Å². The minimum absolute atomic E-state index is 0.0387.